The summed E-state index contributed by atoms with van der Waals surface area (Å²) in [5.41, 5.74) is 1.52. The monoisotopic (exact) mass is 425 g/mol. The molecule has 1 aliphatic rings. The molecule has 8 heteroatoms. The Morgan fingerprint density at radius 2 is 2.00 bits per heavy atom. The quantitative estimate of drug-likeness (QED) is 0.395. The number of nitro benzene ring substituents is 1. The van der Waals surface area contributed by atoms with Crippen LogP contribution in [-0.2, 0) is 16.0 Å². The molecule has 164 valence electrons. The number of piperidine rings is 1. The van der Waals surface area contributed by atoms with Crippen molar-refractivity contribution in [2.24, 2.45) is 5.92 Å². The number of nitrogens with zero attached hydrogens (tertiary/aromatic N) is 2. The molecule has 31 heavy (non-hydrogen) atoms. The molecule has 3 rings (SSSR count). The molecular weight excluding hydrogens is 398 g/mol. The number of nitrogens with one attached hydrogen (secondary N) is 1. The number of rotatable bonds is 8. The van der Waals surface area contributed by atoms with Crippen LogP contribution < -0.4 is 10.2 Å². The second kappa shape index (κ2) is 10.6. The summed E-state index contributed by atoms with van der Waals surface area (Å²) in [5.74, 6) is -0.726. The maximum absolute atomic E-state index is 12.3. The van der Waals surface area contributed by atoms with E-state index in [0.29, 0.717) is 24.6 Å². The van der Waals surface area contributed by atoms with E-state index in [-0.39, 0.29) is 11.3 Å². The van der Waals surface area contributed by atoms with Crippen LogP contribution in [0, 0.1) is 16.0 Å². The fourth-order valence-corrected chi connectivity index (χ4v) is 3.73. The molecule has 2 aromatic carbocycles. The van der Waals surface area contributed by atoms with Gasteiger partial charge in [0.05, 0.1) is 10.5 Å². The second-order valence-electron chi connectivity index (χ2n) is 7.82. The van der Waals surface area contributed by atoms with Crippen LogP contribution in [0.2, 0.25) is 0 Å². The Labute approximate surface area is 181 Å². The lowest BCUT2D eigenvalue weighted by Gasteiger charge is -2.32. The summed E-state index contributed by atoms with van der Waals surface area (Å²) in [7, 11) is 0. The molecule has 0 unspecified atom stereocenters. The number of carbonyl (C=O) groups excluding carboxylic acids is 2. The molecular formula is C23H27N3O5. The van der Waals surface area contributed by atoms with Gasteiger partial charge in [0.1, 0.15) is 5.69 Å². The highest BCUT2D eigenvalue weighted by Crippen LogP contribution is 2.32. The molecule has 1 N–H and O–H groups in total. The van der Waals surface area contributed by atoms with Gasteiger partial charge in [0, 0.05) is 25.7 Å². The van der Waals surface area contributed by atoms with Crippen molar-refractivity contribution in [2.45, 2.75) is 26.2 Å². The summed E-state index contributed by atoms with van der Waals surface area (Å²) in [4.78, 5) is 37.3. The normalized spacial score (nSPS) is 15.9. The number of esters is 1. The molecule has 0 aromatic heterocycles. The first kappa shape index (κ1) is 22.3. The number of ether oxygens (including phenoxy) is 1. The van der Waals surface area contributed by atoms with Crippen LogP contribution in [0.5, 0.6) is 0 Å². The zero-order valence-electron chi connectivity index (χ0n) is 17.6. The molecule has 2 aromatic rings. The van der Waals surface area contributed by atoms with E-state index in [9.17, 15) is 19.7 Å². The predicted molar refractivity (Wildman–Crippen MR) is 117 cm³/mol. The summed E-state index contributed by atoms with van der Waals surface area (Å²) >= 11 is 0. The third kappa shape index (κ3) is 6.28. The lowest BCUT2D eigenvalue weighted by Crippen LogP contribution is -2.34. The topological polar surface area (TPSA) is 102 Å². The number of carbonyl (C=O) groups is 2. The smallest absolute Gasteiger partial charge is 0.338 e. The van der Waals surface area contributed by atoms with Gasteiger partial charge in [0.25, 0.3) is 11.6 Å². The SMILES string of the molecule is C[C@H]1CCCN(c2ccc(C(=O)OCC(=O)NCCc3ccccc3)cc2[N+](=O)[O-])C1. The Balaban J connectivity index is 1.55. The Bertz CT molecular complexity index is 932. The number of anilines is 1. The largest absolute Gasteiger partial charge is 0.452 e. The number of nitro groups is 1. The summed E-state index contributed by atoms with van der Waals surface area (Å²) in [5, 5.41) is 14.3. The van der Waals surface area contributed by atoms with Crippen LogP contribution in [0.3, 0.4) is 0 Å². The lowest BCUT2D eigenvalue weighted by atomic mass is 9.99. The van der Waals surface area contributed by atoms with Crippen molar-refractivity contribution < 1.29 is 19.2 Å². The van der Waals surface area contributed by atoms with Gasteiger partial charge in [0.15, 0.2) is 6.61 Å². The van der Waals surface area contributed by atoms with Crippen molar-refractivity contribution in [3.63, 3.8) is 0 Å². The maximum Gasteiger partial charge on any atom is 0.338 e. The number of amides is 1. The molecule has 1 atom stereocenters. The average Bonchev–Trinajstić information content (AvgIpc) is 2.77. The number of hydrogen-bond donors (Lipinski definition) is 1. The first-order chi connectivity index (χ1) is 14.9. The van der Waals surface area contributed by atoms with E-state index in [1.807, 2.05) is 35.2 Å². The van der Waals surface area contributed by atoms with E-state index < -0.39 is 23.4 Å². The van der Waals surface area contributed by atoms with Crippen LogP contribution in [0.15, 0.2) is 48.5 Å². The number of benzene rings is 2. The molecule has 0 aliphatic carbocycles. The van der Waals surface area contributed by atoms with Crippen molar-refractivity contribution in [3.05, 3.63) is 69.8 Å². The van der Waals surface area contributed by atoms with Crippen molar-refractivity contribution in [2.75, 3.05) is 31.1 Å². The molecule has 1 amide bonds. The highest BCUT2D eigenvalue weighted by Gasteiger charge is 2.25. The molecule has 1 aliphatic heterocycles. The average molecular weight is 425 g/mol. The first-order valence-electron chi connectivity index (χ1n) is 10.4. The first-order valence-corrected chi connectivity index (χ1v) is 10.4. The van der Waals surface area contributed by atoms with E-state index in [0.717, 1.165) is 31.5 Å². The summed E-state index contributed by atoms with van der Waals surface area (Å²) in [6, 6.07) is 14.0. The van der Waals surface area contributed by atoms with Gasteiger partial charge in [-0.2, -0.15) is 0 Å². The molecule has 0 saturated carbocycles. The highest BCUT2D eigenvalue weighted by molar-refractivity contribution is 5.93. The maximum atomic E-state index is 12.3. The van der Waals surface area contributed by atoms with Crippen LogP contribution in [-0.4, -0.2) is 43.0 Å². The van der Waals surface area contributed by atoms with Gasteiger partial charge in [-0.25, -0.2) is 4.79 Å². The van der Waals surface area contributed by atoms with Gasteiger partial charge in [-0.3, -0.25) is 14.9 Å². The second-order valence-corrected chi connectivity index (χ2v) is 7.82. The third-order valence-electron chi connectivity index (χ3n) is 5.32. The van der Waals surface area contributed by atoms with Crippen molar-refractivity contribution in [3.8, 4) is 0 Å². The summed E-state index contributed by atoms with van der Waals surface area (Å²) in [6.07, 6.45) is 2.74. The van der Waals surface area contributed by atoms with E-state index in [4.69, 9.17) is 4.74 Å². The molecule has 1 saturated heterocycles. The van der Waals surface area contributed by atoms with E-state index in [2.05, 4.69) is 12.2 Å². The fraction of sp³-hybridized carbons (Fsp3) is 0.391. The van der Waals surface area contributed by atoms with Crippen LogP contribution in [0.4, 0.5) is 11.4 Å². The van der Waals surface area contributed by atoms with Gasteiger partial charge >= 0.3 is 5.97 Å². The zero-order valence-corrected chi connectivity index (χ0v) is 17.6. The van der Waals surface area contributed by atoms with Gasteiger partial charge < -0.3 is 15.0 Å². The third-order valence-corrected chi connectivity index (χ3v) is 5.32. The Morgan fingerprint density at radius 1 is 1.23 bits per heavy atom. The van der Waals surface area contributed by atoms with Crippen LogP contribution in [0.25, 0.3) is 0 Å². The Hall–Kier alpha value is -3.42. The van der Waals surface area contributed by atoms with Gasteiger partial charge in [-0.05, 0) is 42.9 Å². The van der Waals surface area contributed by atoms with E-state index >= 15 is 0 Å². The van der Waals surface area contributed by atoms with Crippen molar-refractivity contribution in [1.29, 1.82) is 0 Å². The van der Waals surface area contributed by atoms with Crippen molar-refractivity contribution in [1.82, 2.24) is 5.32 Å². The van der Waals surface area contributed by atoms with Gasteiger partial charge in [-0.15, -0.1) is 0 Å². The van der Waals surface area contributed by atoms with E-state index in [1.54, 1.807) is 6.07 Å². The Kier molecular flexibility index (Phi) is 7.59. The van der Waals surface area contributed by atoms with E-state index in [1.165, 1.54) is 12.1 Å². The van der Waals surface area contributed by atoms with Crippen molar-refractivity contribution >= 4 is 23.3 Å². The highest BCUT2D eigenvalue weighted by atomic mass is 16.6. The fourth-order valence-electron chi connectivity index (χ4n) is 3.73. The minimum atomic E-state index is -0.764. The summed E-state index contributed by atoms with van der Waals surface area (Å²) < 4.78 is 5.04. The molecule has 0 bridgehead atoms. The van der Waals surface area contributed by atoms with Crippen LogP contribution >= 0.6 is 0 Å². The molecule has 0 spiro atoms. The minimum absolute atomic E-state index is 0.0533. The van der Waals surface area contributed by atoms with Gasteiger partial charge in [-0.1, -0.05) is 37.3 Å². The van der Waals surface area contributed by atoms with Gasteiger partial charge in [0.2, 0.25) is 0 Å². The molecule has 1 heterocycles. The standard InChI is InChI=1S/C23H27N3O5/c1-17-6-5-13-25(15-17)20-10-9-19(14-21(20)26(29)30)23(28)31-16-22(27)24-12-11-18-7-3-2-4-8-18/h2-4,7-10,14,17H,5-6,11-13,15-16H2,1H3,(H,24,27)/t17-/m0/s1. The minimum Gasteiger partial charge on any atom is -0.452 e. The Morgan fingerprint density at radius 3 is 2.71 bits per heavy atom. The predicted octanol–water partition coefficient (Wildman–Crippen LogP) is 3.35. The van der Waals surface area contributed by atoms with Crippen LogP contribution in [0.1, 0.15) is 35.7 Å². The molecule has 0 radical (unpaired) electrons. The molecule has 1 fully saturated rings. The number of hydrogen-bond acceptors (Lipinski definition) is 6. The molecule has 8 nitrogen and oxygen atoms in total. The lowest BCUT2D eigenvalue weighted by molar-refractivity contribution is -0.384. The summed E-state index contributed by atoms with van der Waals surface area (Å²) in [6.45, 7) is 3.60. The zero-order chi connectivity index (χ0) is 22.2.